The van der Waals surface area contributed by atoms with Gasteiger partial charge in [-0.3, -0.25) is 4.79 Å². The number of carboxylic acids is 1. The molecule has 0 spiro atoms. The van der Waals surface area contributed by atoms with Crippen LogP contribution < -0.4 is 5.32 Å². The van der Waals surface area contributed by atoms with Gasteiger partial charge in [0.1, 0.15) is 6.04 Å². The Labute approximate surface area is 87.8 Å². The third-order valence-electron chi connectivity index (χ3n) is 2.24. The van der Waals surface area contributed by atoms with Crippen molar-refractivity contribution in [2.24, 2.45) is 5.92 Å². The van der Waals surface area contributed by atoms with E-state index >= 15 is 0 Å². The molecule has 1 rings (SSSR count). The van der Waals surface area contributed by atoms with Crippen molar-refractivity contribution in [1.29, 1.82) is 0 Å². The van der Waals surface area contributed by atoms with Crippen LogP contribution >= 0.6 is 0 Å². The molecule has 0 bridgehead atoms. The van der Waals surface area contributed by atoms with Gasteiger partial charge in [0.2, 0.25) is 5.91 Å². The van der Waals surface area contributed by atoms with Crippen molar-refractivity contribution < 1.29 is 19.4 Å². The van der Waals surface area contributed by atoms with Gasteiger partial charge in [0.25, 0.3) is 0 Å². The monoisotopic (exact) mass is 211 g/mol. The van der Waals surface area contributed by atoms with Gasteiger partial charge in [0.15, 0.2) is 0 Å². The summed E-state index contributed by atoms with van der Waals surface area (Å²) >= 11 is 0. The predicted octanol–water partition coefficient (Wildman–Crippen LogP) is -0.384. The summed E-state index contributed by atoms with van der Waals surface area (Å²) < 4.78 is 5.03. The second-order valence-electron chi connectivity index (χ2n) is 3.37. The van der Waals surface area contributed by atoms with Crippen molar-refractivity contribution in [1.82, 2.24) is 5.32 Å². The van der Waals surface area contributed by atoms with Gasteiger partial charge in [-0.1, -0.05) is 0 Å². The fraction of sp³-hybridized carbons (Fsp3) is 0.600. The molecule has 0 saturated carbocycles. The van der Waals surface area contributed by atoms with Gasteiger partial charge in [-0.25, -0.2) is 4.79 Å². The standard InChI is InChI=1S/C10H13NO4/c1-2-3-8(10(13)14)11-9(12)7-4-5-15-6-7/h1,7-8H,3-6H2,(H,11,12)(H,13,14)/t7-,8+/m0/s1. The first-order chi connectivity index (χ1) is 7.15. The van der Waals surface area contributed by atoms with Gasteiger partial charge >= 0.3 is 5.97 Å². The van der Waals surface area contributed by atoms with Crippen LogP contribution in [0.15, 0.2) is 0 Å². The van der Waals surface area contributed by atoms with E-state index in [1.165, 1.54) is 0 Å². The van der Waals surface area contributed by atoms with Gasteiger partial charge in [-0.2, -0.15) is 0 Å². The molecule has 1 amide bonds. The lowest BCUT2D eigenvalue weighted by Crippen LogP contribution is -2.43. The van der Waals surface area contributed by atoms with Crippen molar-refractivity contribution in [2.75, 3.05) is 13.2 Å². The third kappa shape index (κ3) is 3.26. The SMILES string of the molecule is C#CC[C@@H](NC(=O)[C@H]1CCOC1)C(=O)O. The highest BCUT2D eigenvalue weighted by Gasteiger charge is 2.27. The number of terminal acetylenes is 1. The van der Waals surface area contributed by atoms with Crippen molar-refractivity contribution >= 4 is 11.9 Å². The van der Waals surface area contributed by atoms with Crippen LogP contribution in [0.5, 0.6) is 0 Å². The van der Waals surface area contributed by atoms with E-state index in [1.54, 1.807) is 0 Å². The van der Waals surface area contributed by atoms with E-state index in [0.29, 0.717) is 19.6 Å². The highest BCUT2D eigenvalue weighted by atomic mass is 16.5. The molecule has 2 atom stereocenters. The number of hydrogen-bond donors (Lipinski definition) is 2. The summed E-state index contributed by atoms with van der Waals surface area (Å²) in [4.78, 5) is 22.2. The van der Waals surface area contributed by atoms with E-state index in [2.05, 4.69) is 11.2 Å². The average molecular weight is 211 g/mol. The molecule has 0 unspecified atom stereocenters. The van der Waals surface area contributed by atoms with E-state index in [-0.39, 0.29) is 18.2 Å². The molecule has 1 aliphatic heterocycles. The zero-order valence-electron chi connectivity index (χ0n) is 8.23. The Morgan fingerprint density at radius 1 is 1.67 bits per heavy atom. The number of carbonyl (C=O) groups is 2. The van der Waals surface area contributed by atoms with E-state index in [4.69, 9.17) is 16.3 Å². The minimum absolute atomic E-state index is 0.00531. The predicted molar refractivity (Wildman–Crippen MR) is 51.9 cm³/mol. The molecule has 0 aromatic heterocycles. The number of carboxylic acid groups (broad SMARTS) is 1. The van der Waals surface area contributed by atoms with Crippen LogP contribution in [0.3, 0.4) is 0 Å². The zero-order valence-corrected chi connectivity index (χ0v) is 8.23. The molecule has 15 heavy (non-hydrogen) atoms. The maximum Gasteiger partial charge on any atom is 0.327 e. The van der Waals surface area contributed by atoms with Gasteiger partial charge in [-0.05, 0) is 6.42 Å². The molecule has 5 heteroatoms. The van der Waals surface area contributed by atoms with E-state index in [9.17, 15) is 9.59 Å². The lowest BCUT2D eigenvalue weighted by molar-refractivity contribution is -0.142. The summed E-state index contributed by atoms with van der Waals surface area (Å²) in [6.07, 6.45) is 5.63. The second-order valence-corrected chi connectivity index (χ2v) is 3.37. The number of carbonyl (C=O) groups excluding carboxylic acids is 1. The number of ether oxygens (including phenoxy) is 1. The van der Waals surface area contributed by atoms with E-state index in [0.717, 1.165) is 0 Å². The lowest BCUT2D eigenvalue weighted by atomic mass is 10.1. The molecule has 5 nitrogen and oxygen atoms in total. The number of rotatable bonds is 4. The van der Waals surface area contributed by atoms with Crippen LogP contribution in [0, 0.1) is 18.3 Å². The van der Waals surface area contributed by atoms with Crippen LogP contribution in [0.25, 0.3) is 0 Å². The Morgan fingerprint density at radius 3 is 2.87 bits per heavy atom. The Morgan fingerprint density at radius 2 is 2.40 bits per heavy atom. The highest BCUT2D eigenvalue weighted by Crippen LogP contribution is 2.12. The molecule has 0 aromatic carbocycles. The molecule has 1 saturated heterocycles. The van der Waals surface area contributed by atoms with Crippen LogP contribution in [0.2, 0.25) is 0 Å². The molecule has 82 valence electrons. The highest BCUT2D eigenvalue weighted by molar-refractivity contribution is 5.85. The lowest BCUT2D eigenvalue weighted by Gasteiger charge is -2.14. The summed E-state index contributed by atoms with van der Waals surface area (Å²) in [5.74, 6) is 0.565. The second kappa shape index (κ2) is 5.37. The molecule has 1 fully saturated rings. The normalized spacial score (nSPS) is 21.7. The molecule has 2 N–H and O–H groups in total. The first-order valence-electron chi connectivity index (χ1n) is 4.69. The number of aliphatic carboxylic acids is 1. The molecule has 0 aromatic rings. The molecule has 1 aliphatic rings. The van der Waals surface area contributed by atoms with Gasteiger partial charge in [0.05, 0.1) is 12.5 Å². The van der Waals surface area contributed by atoms with Crippen molar-refractivity contribution in [2.45, 2.75) is 18.9 Å². The van der Waals surface area contributed by atoms with Crippen LogP contribution in [-0.4, -0.2) is 36.2 Å². The summed E-state index contributed by atoms with van der Waals surface area (Å²) in [5, 5.41) is 11.2. The Hall–Kier alpha value is -1.54. The van der Waals surface area contributed by atoms with Crippen LogP contribution in [-0.2, 0) is 14.3 Å². The van der Waals surface area contributed by atoms with Gasteiger partial charge in [0, 0.05) is 13.0 Å². The molecular weight excluding hydrogens is 198 g/mol. The van der Waals surface area contributed by atoms with Crippen molar-refractivity contribution in [3.63, 3.8) is 0 Å². The van der Waals surface area contributed by atoms with E-state index in [1.807, 2.05) is 0 Å². The topological polar surface area (TPSA) is 75.6 Å². The first kappa shape index (κ1) is 11.5. The molecule has 0 aliphatic carbocycles. The number of hydrogen-bond acceptors (Lipinski definition) is 3. The molecular formula is C10H13NO4. The fourth-order valence-corrected chi connectivity index (χ4v) is 1.35. The van der Waals surface area contributed by atoms with Crippen molar-refractivity contribution in [3.05, 3.63) is 0 Å². The molecule has 0 radical (unpaired) electrons. The number of nitrogens with one attached hydrogen (secondary N) is 1. The Kier molecular flexibility index (Phi) is 4.13. The maximum atomic E-state index is 11.5. The smallest absolute Gasteiger partial charge is 0.327 e. The van der Waals surface area contributed by atoms with Gasteiger partial charge in [-0.15, -0.1) is 12.3 Å². The summed E-state index contributed by atoms with van der Waals surface area (Å²) in [6.45, 7) is 0.902. The molecule has 1 heterocycles. The summed E-state index contributed by atoms with van der Waals surface area (Å²) in [5.41, 5.74) is 0. The van der Waals surface area contributed by atoms with E-state index < -0.39 is 12.0 Å². The average Bonchev–Trinajstić information content (AvgIpc) is 2.69. The quantitative estimate of drug-likeness (QED) is 0.621. The van der Waals surface area contributed by atoms with Crippen LogP contribution in [0.1, 0.15) is 12.8 Å². The Balaban J connectivity index is 2.46. The largest absolute Gasteiger partial charge is 0.480 e. The maximum absolute atomic E-state index is 11.5. The van der Waals surface area contributed by atoms with Gasteiger partial charge < -0.3 is 15.2 Å². The minimum Gasteiger partial charge on any atom is -0.480 e. The number of amides is 1. The summed E-state index contributed by atoms with van der Waals surface area (Å²) in [6, 6.07) is -0.997. The van der Waals surface area contributed by atoms with Crippen LogP contribution in [0.4, 0.5) is 0 Å². The third-order valence-corrected chi connectivity index (χ3v) is 2.24. The zero-order chi connectivity index (χ0) is 11.3. The fourth-order valence-electron chi connectivity index (χ4n) is 1.35. The minimum atomic E-state index is -1.11. The van der Waals surface area contributed by atoms with Crippen molar-refractivity contribution in [3.8, 4) is 12.3 Å². The summed E-state index contributed by atoms with van der Waals surface area (Å²) in [7, 11) is 0. The Bertz CT molecular complexity index is 288. The first-order valence-corrected chi connectivity index (χ1v) is 4.69.